The van der Waals surface area contributed by atoms with Crippen LogP contribution in [0.25, 0.3) is 0 Å². The summed E-state index contributed by atoms with van der Waals surface area (Å²) in [4.78, 5) is 4.78. The van der Waals surface area contributed by atoms with E-state index in [2.05, 4.69) is 60.0 Å². The number of ether oxygens (including phenoxy) is 1. The van der Waals surface area contributed by atoms with Crippen LogP contribution >= 0.6 is 0 Å². The predicted octanol–water partition coefficient (Wildman–Crippen LogP) is 3.43. The third-order valence-corrected chi connectivity index (χ3v) is 4.74. The number of anilines is 2. The summed E-state index contributed by atoms with van der Waals surface area (Å²) in [5.41, 5.74) is 4.71. The first-order valence-electron chi connectivity index (χ1n) is 9.05. The Kier molecular flexibility index (Phi) is 5.95. The van der Waals surface area contributed by atoms with Crippen LogP contribution in [0.15, 0.2) is 48.5 Å². The monoisotopic (exact) mass is 340 g/mol. The molecule has 4 nitrogen and oxygen atoms in total. The normalized spacial score (nSPS) is 14.8. The van der Waals surface area contributed by atoms with Gasteiger partial charge < -0.3 is 19.6 Å². The molecule has 1 fully saturated rings. The number of hydrogen-bond donors (Lipinski definition) is 1. The van der Waals surface area contributed by atoms with Gasteiger partial charge in [0, 0.05) is 37.1 Å². The topological polar surface area (TPSA) is 35.9 Å². The minimum atomic E-state index is 0.0944. The maximum atomic E-state index is 9.19. The molecule has 0 aromatic heterocycles. The molecule has 1 N–H and O–H groups in total. The summed E-state index contributed by atoms with van der Waals surface area (Å²) < 4.78 is 5.43. The van der Waals surface area contributed by atoms with Crippen molar-refractivity contribution in [1.82, 2.24) is 0 Å². The number of hydrogen-bond acceptors (Lipinski definition) is 4. The highest BCUT2D eigenvalue weighted by atomic mass is 16.5. The van der Waals surface area contributed by atoms with Crippen LogP contribution in [0.3, 0.4) is 0 Å². The van der Waals surface area contributed by atoms with E-state index in [1.807, 2.05) is 12.1 Å². The summed E-state index contributed by atoms with van der Waals surface area (Å²) in [6, 6.07) is 17.5. The molecule has 25 heavy (non-hydrogen) atoms. The molecule has 0 atom stereocenters. The molecule has 2 aromatic rings. The highest BCUT2D eigenvalue weighted by Crippen LogP contribution is 2.24. The van der Waals surface area contributed by atoms with Gasteiger partial charge in [0.15, 0.2) is 0 Å². The molecule has 1 aliphatic rings. The van der Waals surface area contributed by atoms with E-state index in [0.29, 0.717) is 6.04 Å². The van der Waals surface area contributed by atoms with Crippen molar-refractivity contribution in [2.75, 3.05) is 36.1 Å². The second-order valence-corrected chi connectivity index (χ2v) is 6.81. The zero-order chi connectivity index (χ0) is 17.6. The fourth-order valence-corrected chi connectivity index (χ4v) is 3.20. The molecule has 4 heteroatoms. The lowest BCUT2D eigenvalue weighted by molar-refractivity contribution is 0.122. The summed E-state index contributed by atoms with van der Waals surface area (Å²) in [7, 11) is 0. The largest absolute Gasteiger partial charge is 0.392 e. The third-order valence-electron chi connectivity index (χ3n) is 4.74. The maximum absolute atomic E-state index is 9.19. The van der Waals surface area contributed by atoms with E-state index in [0.717, 1.165) is 38.4 Å². The van der Waals surface area contributed by atoms with Gasteiger partial charge in [-0.2, -0.15) is 0 Å². The van der Waals surface area contributed by atoms with Gasteiger partial charge in [0.25, 0.3) is 0 Å². The molecule has 0 spiro atoms. The Morgan fingerprint density at radius 3 is 2.12 bits per heavy atom. The van der Waals surface area contributed by atoms with E-state index in [1.165, 1.54) is 16.9 Å². The van der Waals surface area contributed by atoms with E-state index in [4.69, 9.17) is 4.74 Å². The van der Waals surface area contributed by atoms with Crippen molar-refractivity contribution in [2.24, 2.45) is 0 Å². The first-order chi connectivity index (χ1) is 12.2. The van der Waals surface area contributed by atoms with Gasteiger partial charge in [0.05, 0.1) is 19.8 Å². The van der Waals surface area contributed by atoms with Gasteiger partial charge in [0.1, 0.15) is 0 Å². The Morgan fingerprint density at radius 1 is 0.960 bits per heavy atom. The smallest absolute Gasteiger partial charge is 0.0681 e. The first-order valence-corrected chi connectivity index (χ1v) is 9.05. The molecule has 0 bridgehead atoms. The van der Waals surface area contributed by atoms with E-state index < -0.39 is 0 Å². The van der Waals surface area contributed by atoms with E-state index in [1.54, 1.807) is 0 Å². The lowest BCUT2D eigenvalue weighted by atomic mass is 10.1. The van der Waals surface area contributed by atoms with Gasteiger partial charge in [-0.15, -0.1) is 0 Å². The quantitative estimate of drug-likeness (QED) is 0.874. The molecule has 1 heterocycles. The Bertz CT molecular complexity index is 647. The molecule has 0 radical (unpaired) electrons. The lowest BCUT2D eigenvalue weighted by Crippen LogP contribution is -2.36. The van der Waals surface area contributed by atoms with Crippen molar-refractivity contribution in [3.8, 4) is 0 Å². The maximum Gasteiger partial charge on any atom is 0.0681 e. The molecule has 1 aliphatic heterocycles. The molecule has 1 saturated heterocycles. The van der Waals surface area contributed by atoms with Crippen LogP contribution in [-0.4, -0.2) is 37.5 Å². The number of aliphatic hydroxyl groups excluding tert-OH is 1. The summed E-state index contributed by atoms with van der Waals surface area (Å²) >= 11 is 0. The molecule has 134 valence electrons. The molecule has 3 rings (SSSR count). The molecule has 0 amide bonds. The van der Waals surface area contributed by atoms with Gasteiger partial charge in [-0.05, 0) is 49.2 Å². The number of aliphatic hydroxyl groups is 1. The van der Waals surface area contributed by atoms with E-state index in [9.17, 15) is 5.11 Å². The minimum absolute atomic E-state index is 0.0944. The van der Waals surface area contributed by atoms with Gasteiger partial charge in [-0.25, -0.2) is 0 Å². The predicted molar refractivity (Wildman–Crippen MR) is 103 cm³/mol. The van der Waals surface area contributed by atoms with Crippen LogP contribution in [0.4, 0.5) is 11.4 Å². The van der Waals surface area contributed by atoms with Crippen molar-refractivity contribution < 1.29 is 9.84 Å². The van der Waals surface area contributed by atoms with Crippen molar-refractivity contribution in [1.29, 1.82) is 0 Å². The highest BCUT2D eigenvalue weighted by Gasteiger charge is 2.14. The number of morpholine rings is 1. The highest BCUT2D eigenvalue weighted by molar-refractivity contribution is 5.57. The molecular weight excluding hydrogens is 312 g/mol. The van der Waals surface area contributed by atoms with Crippen molar-refractivity contribution in [3.05, 3.63) is 59.7 Å². The van der Waals surface area contributed by atoms with Gasteiger partial charge in [-0.1, -0.05) is 24.3 Å². The lowest BCUT2D eigenvalue weighted by Gasteiger charge is -2.31. The van der Waals surface area contributed by atoms with E-state index in [-0.39, 0.29) is 6.61 Å². The van der Waals surface area contributed by atoms with Crippen LogP contribution in [0.5, 0.6) is 0 Å². The zero-order valence-electron chi connectivity index (χ0n) is 15.2. The van der Waals surface area contributed by atoms with Gasteiger partial charge in [0.2, 0.25) is 0 Å². The van der Waals surface area contributed by atoms with Gasteiger partial charge in [-0.3, -0.25) is 0 Å². The fourth-order valence-electron chi connectivity index (χ4n) is 3.20. The van der Waals surface area contributed by atoms with Crippen molar-refractivity contribution in [2.45, 2.75) is 33.0 Å². The number of benzene rings is 2. The summed E-state index contributed by atoms with van der Waals surface area (Å²) in [6.45, 7) is 8.94. The average molecular weight is 340 g/mol. The van der Waals surface area contributed by atoms with Crippen LogP contribution in [-0.2, 0) is 17.9 Å². The summed E-state index contributed by atoms with van der Waals surface area (Å²) in [5.74, 6) is 0. The third kappa shape index (κ3) is 4.53. The van der Waals surface area contributed by atoms with Gasteiger partial charge >= 0.3 is 0 Å². The number of nitrogens with zero attached hydrogens (tertiary/aromatic N) is 2. The summed E-state index contributed by atoms with van der Waals surface area (Å²) in [5, 5.41) is 9.19. The Hall–Kier alpha value is -2.04. The second-order valence-electron chi connectivity index (χ2n) is 6.81. The van der Waals surface area contributed by atoms with Crippen LogP contribution in [0, 0.1) is 0 Å². The standard InChI is InChI=1S/C21H28N2O2/c1-17(2)23(15-18-3-5-19(16-24)6-4-18)21-9-7-20(8-10-21)22-11-13-25-14-12-22/h3-10,17,24H,11-16H2,1-2H3. The first kappa shape index (κ1) is 17.8. The number of rotatable bonds is 6. The Balaban J connectivity index is 1.73. The van der Waals surface area contributed by atoms with Crippen LogP contribution in [0.2, 0.25) is 0 Å². The van der Waals surface area contributed by atoms with Crippen molar-refractivity contribution in [3.63, 3.8) is 0 Å². The molecule has 0 unspecified atom stereocenters. The minimum Gasteiger partial charge on any atom is -0.392 e. The van der Waals surface area contributed by atoms with Crippen LogP contribution < -0.4 is 9.80 Å². The Morgan fingerprint density at radius 2 is 1.56 bits per heavy atom. The van der Waals surface area contributed by atoms with Crippen LogP contribution in [0.1, 0.15) is 25.0 Å². The molecule has 2 aromatic carbocycles. The molecular formula is C21H28N2O2. The Labute approximate surface area is 150 Å². The fraction of sp³-hybridized carbons (Fsp3) is 0.429. The van der Waals surface area contributed by atoms with Crippen molar-refractivity contribution >= 4 is 11.4 Å². The zero-order valence-corrected chi connectivity index (χ0v) is 15.2. The van der Waals surface area contributed by atoms with E-state index >= 15 is 0 Å². The SMILES string of the molecule is CC(C)N(Cc1ccc(CO)cc1)c1ccc(N2CCOCC2)cc1. The molecule has 0 saturated carbocycles. The molecule has 0 aliphatic carbocycles. The summed E-state index contributed by atoms with van der Waals surface area (Å²) in [6.07, 6.45) is 0. The average Bonchev–Trinajstić information content (AvgIpc) is 2.67. The second kappa shape index (κ2) is 8.37.